The zero-order valence-electron chi connectivity index (χ0n) is 22.2. The fourth-order valence-corrected chi connectivity index (χ4v) is 8.72. The molecule has 3 saturated carbocycles. The van der Waals surface area contributed by atoms with Gasteiger partial charge in [0.1, 0.15) is 22.9 Å². The van der Waals surface area contributed by atoms with Gasteiger partial charge in [0.15, 0.2) is 16.7 Å². The van der Waals surface area contributed by atoms with Crippen LogP contribution in [-0.4, -0.2) is 45.4 Å². The molecule has 3 aliphatic carbocycles. The summed E-state index contributed by atoms with van der Waals surface area (Å²) in [5.41, 5.74) is 2.12. The normalized spacial score (nSPS) is 27.4. The Hall–Kier alpha value is -3.01. The molecular formula is C30H32FN3O5S. The van der Waals surface area contributed by atoms with Crippen molar-refractivity contribution < 1.29 is 28.3 Å². The zero-order valence-corrected chi connectivity index (χ0v) is 23.1. The quantitative estimate of drug-likeness (QED) is 0.326. The van der Waals surface area contributed by atoms with Crippen molar-refractivity contribution in [1.82, 2.24) is 10.1 Å². The lowest BCUT2D eigenvalue weighted by atomic mass is 9.77. The van der Waals surface area contributed by atoms with E-state index in [1.807, 2.05) is 0 Å². The average molecular weight is 566 g/mol. The number of ether oxygens (including phenoxy) is 1. The molecule has 40 heavy (non-hydrogen) atoms. The van der Waals surface area contributed by atoms with Gasteiger partial charge in [-0.25, -0.2) is 19.0 Å². The van der Waals surface area contributed by atoms with Crippen LogP contribution in [0.5, 0.6) is 0 Å². The Morgan fingerprint density at radius 1 is 1.02 bits per heavy atom. The molecule has 1 spiro atoms. The number of anilines is 1. The van der Waals surface area contributed by atoms with Gasteiger partial charge in [0, 0.05) is 36.8 Å². The SMILES string of the molecule is O=C(O)c1cc(F)c2nc(N3[C@@H]4CC[C@H]3C[C@H](OC(=O)c3c(C5CCC6(CC5)CC6)noc3C3CC3)C4)sc2c1. The lowest BCUT2D eigenvalue weighted by Gasteiger charge is -2.38. The summed E-state index contributed by atoms with van der Waals surface area (Å²) in [6.45, 7) is 0. The zero-order chi connectivity index (χ0) is 27.2. The van der Waals surface area contributed by atoms with Gasteiger partial charge in [-0.3, -0.25) is 0 Å². The summed E-state index contributed by atoms with van der Waals surface area (Å²) in [4.78, 5) is 31.9. The average Bonchev–Trinajstić information content (AvgIpc) is 3.80. The van der Waals surface area contributed by atoms with Gasteiger partial charge in [-0.05, 0) is 81.8 Å². The van der Waals surface area contributed by atoms with E-state index in [1.165, 1.54) is 43.1 Å². The van der Waals surface area contributed by atoms with Crippen LogP contribution in [0.2, 0.25) is 0 Å². The second kappa shape index (κ2) is 8.99. The number of nitrogens with zero attached hydrogens (tertiary/aromatic N) is 3. The van der Waals surface area contributed by atoms with Gasteiger partial charge in [-0.15, -0.1) is 0 Å². The number of halogens is 1. The number of benzene rings is 1. The molecule has 2 saturated heterocycles. The number of carboxylic acid groups (broad SMARTS) is 1. The summed E-state index contributed by atoms with van der Waals surface area (Å²) in [5, 5.41) is 14.5. The van der Waals surface area contributed by atoms with E-state index in [1.54, 1.807) is 0 Å². The van der Waals surface area contributed by atoms with Crippen LogP contribution in [0.4, 0.5) is 9.52 Å². The predicted molar refractivity (Wildman–Crippen MR) is 146 cm³/mol. The van der Waals surface area contributed by atoms with Crippen molar-refractivity contribution >= 4 is 38.6 Å². The van der Waals surface area contributed by atoms with Crippen LogP contribution >= 0.6 is 11.3 Å². The van der Waals surface area contributed by atoms with Crippen molar-refractivity contribution in [3.8, 4) is 0 Å². The maximum Gasteiger partial charge on any atom is 0.344 e. The van der Waals surface area contributed by atoms with Crippen molar-refractivity contribution in [3.63, 3.8) is 0 Å². The molecule has 5 aliphatic rings. The first-order chi connectivity index (χ1) is 19.4. The van der Waals surface area contributed by atoms with Crippen LogP contribution in [0.15, 0.2) is 16.7 Å². The van der Waals surface area contributed by atoms with Gasteiger partial charge >= 0.3 is 11.9 Å². The maximum atomic E-state index is 14.6. The maximum absolute atomic E-state index is 14.6. The number of aromatic nitrogens is 2. The molecule has 0 radical (unpaired) electrons. The molecule has 2 aliphatic heterocycles. The minimum atomic E-state index is -1.16. The van der Waals surface area contributed by atoms with E-state index in [2.05, 4.69) is 15.0 Å². The van der Waals surface area contributed by atoms with E-state index in [0.29, 0.717) is 33.7 Å². The smallest absolute Gasteiger partial charge is 0.344 e. The van der Waals surface area contributed by atoms with Gasteiger partial charge < -0.3 is 19.3 Å². The van der Waals surface area contributed by atoms with Crippen LogP contribution in [0.3, 0.4) is 0 Å². The Labute approximate surface area is 234 Å². The number of carbonyl (C=O) groups is 2. The molecule has 2 aromatic heterocycles. The summed E-state index contributed by atoms with van der Waals surface area (Å²) in [6.07, 6.45) is 12.4. The molecule has 0 unspecified atom stereocenters. The molecule has 3 aromatic rings. The number of carbonyl (C=O) groups excluding carboxylic acids is 1. The molecule has 2 bridgehead atoms. The number of rotatable bonds is 6. The molecule has 1 aromatic carbocycles. The highest BCUT2D eigenvalue weighted by Crippen LogP contribution is 2.59. The number of piperidine rings is 1. The number of hydrogen-bond acceptors (Lipinski definition) is 8. The van der Waals surface area contributed by atoms with Gasteiger partial charge in [0.25, 0.3) is 0 Å². The van der Waals surface area contributed by atoms with Crippen LogP contribution in [0, 0.1) is 11.2 Å². The van der Waals surface area contributed by atoms with Gasteiger partial charge in [-0.2, -0.15) is 0 Å². The Morgan fingerprint density at radius 3 is 2.40 bits per heavy atom. The van der Waals surface area contributed by atoms with Crippen LogP contribution in [0.1, 0.15) is 121 Å². The molecule has 10 heteroatoms. The third kappa shape index (κ3) is 4.13. The Bertz CT molecular complexity index is 1500. The lowest BCUT2D eigenvalue weighted by molar-refractivity contribution is 0.0199. The molecular weight excluding hydrogens is 533 g/mol. The van der Waals surface area contributed by atoms with E-state index in [9.17, 15) is 19.1 Å². The van der Waals surface area contributed by atoms with Crippen LogP contribution in [0.25, 0.3) is 10.2 Å². The number of esters is 1. The van der Waals surface area contributed by atoms with E-state index in [0.717, 1.165) is 56.0 Å². The Morgan fingerprint density at radius 2 is 1.75 bits per heavy atom. The highest BCUT2D eigenvalue weighted by atomic mass is 32.1. The molecule has 210 valence electrons. The number of thiazole rings is 1. The highest BCUT2D eigenvalue weighted by molar-refractivity contribution is 7.22. The summed E-state index contributed by atoms with van der Waals surface area (Å²) in [6, 6.07) is 2.79. The molecule has 0 amide bonds. The first kappa shape index (κ1) is 24.8. The van der Waals surface area contributed by atoms with Gasteiger partial charge in [0.2, 0.25) is 0 Å². The molecule has 1 N–H and O–H groups in total. The molecule has 8 nitrogen and oxygen atoms in total. The van der Waals surface area contributed by atoms with E-state index in [4.69, 9.17) is 9.26 Å². The number of aromatic carboxylic acids is 1. The van der Waals surface area contributed by atoms with E-state index in [-0.39, 0.29) is 47.1 Å². The molecule has 5 fully saturated rings. The second-order valence-electron chi connectivity index (χ2n) is 12.8. The molecule has 3 atom stereocenters. The number of carboxylic acids is 1. The van der Waals surface area contributed by atoms with Gasteiger partial charge in [0.05, 0.1) is 10.3 Å². The fraction of sp³-hybridized carbons (Fsp3) is 0.600. The predicted octanol–water partition coefficient (Wildman–Crippen LogP) is 6.79. The Balaban J connectivity index is 1.00. The van der Waals surface area contributed by atoms with Crippen molar-refractivity contribution in [2.75, 3.05) is 4.90 Å². The lowest BCUT2D eigenvalue weighted by Crippen LogP contribution is -2.46. The van der Waals surface area contributed by atoms with Crippen molar-refractivity contribution in [2.45, 2.75) is 107 Å². The number of fused-ring (bicyclic) bond motifs is 3. The fourth-order valence-electron chi connectivity index (χ4n) is 7.56. The third-order valence-corrected chi connectivity index (χ3v) is 11.2. The summed E-state index contributed by atoms with van der Waals surface area (Å²) in [7, 11) is 0. The summed E-state index contributed by atoms with van der Waals surface area (Å²) in [5.74, 6) is -0.787. The third-order valence-electron chi connectivity index (χ3n) is 10.2. The second-order valence-corrected chi connectivity index (χ2v) is 13.8. The molecule has 4 heterocycles. The minimum Gasteiger partial charge on any atom is -0.478 e. The van der Waals surface area contributed by atoms with E-state index >= 15 is 0 Å². The van der Waals surface area contributed by atoms with Gasteiger partial charge in [-0.1, -0.05) is 16.5 Å². The minimum absolute atomic E-state index is 0.0762. The van der Waals surface area contributed by atoms with Crippen molar-refractivity contribution in [3.05, 3.63) is 40.5 Å². The topological polar surface area (TPSA) is 106 Å². The first-order valence-corrected chi connectivity index (χ1v) is 15.5. The Kier molecular flexibility index (Phi) is 5.57. The number of hydrogen-bond donors (Lipinski definition) is 1. The largest absolute Gasteiger partial charge is 0.478 e. The standard InChI is InChI=1S/C30H32FN3O5S/c31-21-11-17(27(35)36)12-22-25(21)32-29(40-22)34-18-3-4-19(34)14-20(13-18)38-28(37)23-24(33-39-26(23)16-1-2-16)15-5-7-30(8-6-15)9-10-30/h11-12,15-16,18-20H,1-10,13-14H2,(H,35,36)/t18-,19+,20-. The van der Waals surface area contributed by atoms with Crippen LogP contribution in [-0.2, 0) is 4.74 Å². The summed E-state index contributed by atoms with van der Waals surface area (Å²) < 4.78 is 27.2. The summed E-state index contributed by atoms with van der Waals surface area (Å²) >= 11 is 1.33. The monoisotopic (exact) mass is 565 g/mol. The van der Waals surface area contributed by atoms with E-state index < -0.39 is 11.8 Å². The first-order valence-electron chi connectivity index (χ1n) is 14.7. The molecule has 8 rings (SSSR count). The van der Waals surface area contributed by atoms with Crippen molar-refractivity contribution in [1.29, 1.82) is 0 Å². The van der Waals surface area contributed by atoms with Crippen molar-refractivity contribution in [2.24, 2.45) is 5.41 Å². The van der Waals surface area contributed by atoms with Crippen LogP contribution < -0.4 is 4.90 Å². The highest BCUT2D eigenvalue weighted by Gasteiger charge is 2.48.